The molecule has 80 valence electrons. The fourth-order valence-electron chi connectivity index (χ4n) is 1.89. The predicted molar refractivity (Wildman–Crippen MR) is 68.9 cm³/mol. The predicted octanol–water partition coefficient (Wildman–Crippen LogP) is 2.15. The standard InChI is InChI=1S/C12H14INO/c13-10-5-3-9(4-6-10)8-12(15)11-2-1-7-14-11/h3-6,11,14H,1-2,7-8H2. The van der Waals surface area contributed by atoms with Crippen LogP contribution in [0.3, 0.4) is 0 Å². The first-order valence-electron chi connectivity index (χ1n) is 5.26. The molecule has 1 aromatic carbocycles. The third-order valence-corrected chi connectivity index (χ3v) is 3.46. The molecule has 0 bridgehead atoms. The second-order valence-corrected chi connectivity index (χ2v) is 5.16. The quantitative estimate of drug-likeness (QED) is 0.866. The number of carbonyl (C=O) groups is 1. The van der Waals surface area contributed by atoms with Gasteiger partial charge in [-0.25, -0.2) is 0 Å². The molecule has 1 atom stereocenters. The summed E-state index contributed by atoms with van der Waals surface area (Å²) in [4.78, 5) is 11.8. The van der Waals surface area contributed by atoms with E-state index in [2.05, 4.69) is 27.9 Å². The molecule has 0 amide bonds. The number of hydrogen-bond acceptors (Lipinski definition) is 2. The number of halogens is 1. The zero-order valence-electron chi connectivity index (χ0n) is 8.50. The van der Waals surface area contributed by atoms with E-state index in [1.807, 2.05) is 24.3 Å². The maximum atomic E-state index is 11.8. The summed E-state index contributed by atoms with van der Waals surface area (Å²) in [5.41, 5.74) is 1.12. The lowest BCUT2D eigenvalue weighted by Crippen LogP contribution is -2.31. The number of carbonyl (C=O) groups excluding carboxylic acids is 1. The summed E-state index contributed by atoms with van der Waals surface area (Å²) in [6.07, 6.45) is 2.70. The van der Waals surface area contributed by atoms with Gasteiger partial charge in [0.2, 0.25) is 0 Å². The lowest BCUT2D eigenvalue weighted by atomic mass is 10.0. The van der Waals surface area contributed by atoms with Crippen LogP contribution in [0.5, 0.6) is 0 Å². The van der Waals surface area contributed by atoms with Crippen LogP contribution in [0.25, 0.3) is 0 Å². The van der Waals surface area contributed by atoms with Gasteiger partial charge in [-0.3, -0.25) is 4.79 Å². The van der Waals surface area contributed by atoms with Gasteiger partial charge in [0, 0.05) is 9.99 Å². The van der Waals surface area contributed by atoms with E-state index in [0.717, 1.165) is 24.9 Å². The molecule has 1 fully saturated rings. The monoisotopic (exact) mass is 315 g/mol. The van der Waals surface area contributed by atoms with Gasteiger partial charge >= 0.3 is 0 Å². The third kappa shape index (κ3) is 3.01. The fraction of sp³-hybridized carbons (Fsp3) is 0.417. The van der Waals surface area contributed by atoms with Gasteiger partial charge in [0.1, 0.15) is 0 Å². The Morgan fingerprint density at radius 1 is 1.40 bits per heavy atom. The molecule has 0 radical (unpaired) electrons. The number of ketones is 1. The van der Waals surface area contributed by atoms with Gasteiger partial charge in [-0.2, -0.15) is 0 Å². The SMILES string of the molecule is O=C(Cc1ccc(I)cc1)C1CCCN1. The van der Waals surface area contributed by atoms with Gasteiger partial charge in [-0.1, -0.05) is 12.1 Å². The smallest absolute Gasteiger partial charge is 0.154 e. The first-order valence-corrected chi connectivity index (χ1v) is 6.34. The molecule has 1 aromatic rings. The highest BCUT2D eigenvalue weighted by Gasteiger charge is 2.21. The van der Waals surface area contributed by atoms with Crippen molar-refractivity contribution in [3.63, 3.8) is 0 Å². The summed E-state index contributed by atoms with van der Waals surface area (Å²) >= 11 is 2.27. The van der Waals surface area contributed by atoms with E-state index in [4.69, 9.17) is 0 Å². The zero-order valence-corrected chi connectivity index (χ0v) is 10.7. The van der Waals surface area contributed by atoms with Crippen LogP contribution in [0, 0.1) is 3.57 Å². The van der Waals surface area contributed by atoms with Crippen molar-refractivity contribution >= 4 is 28.4 Å². The normalized spacial score (nSPS) is 20.5. The van der Waals surface area contributed by atoms with Gasteiger partial charge < -0.3 is 5.32 Å². The van der Waals surface area contributed by atoms with Gasteiger partial charge in [0.15, 0.2) is 5.78 Å². The van der Waals surface area contributed by atoms with Crippen molar-refractivity contribution in [1.29, 1.82) is 0 Å². The Kier molecular flexibility index (Phi) is 3.75. The molecular formula is C12H14INO. The molecule has 0 aliphatic carbocycles. The van der Waals surface area contributed by atoms with E-state index in [0.29, 0.717) is 12.2 Å². The summed E-state index contributed by atoms with van der Waals surface area (Å²) in [5.74, 6) is 0.328. The zero-order chi connectivity index (χ0) is 10.7. The number of Topliss-reactive ketones (excluding diaryl/α,β-unsaturated/α-hetero) is 1. The molecule has 1 unspecified atom stereocenters. The summed E-state index contributed by atoms with van der Waals surface area (Å²) in [6, 6.07) is 8.27. The Bertz CT molecular complexity index is 341. The summed E-state index contributed by atoms with van der Waals surface area (Å²) in [7, 11) is 0. The maximum absolute atomic E-state index is 11.8. The Balaban J connectivity index is 1.96. The average Bonchev–Trinajstić information content (AvgIpc) is 2.74. The highest BCUT2D eigenvalue weighted by Crippen LogP contribution is 2.11. The Hall–Kier alpha value is -0.420. The van der Waals surface area contributed by atoms with Crippen LogP contribution in [-0.2, 0) is 11.2 Å². The topological polar surface area (TPSA) is 29.1 Å². The minimum atomic E-state index is 0.101. The van der Waals surface area contributed by atoms with Crippen LogP contribution >= 0.6 is 22.6 Å². The first-order chi connectivity index (χ1) is 7.25. The minimum Gasteiger partial charge on any atom is -0.307 e. The molecule has 1 heterocycles. The second kappa shape index (κ2) is 5.07. The first kappa shape index (κ1) is 11.1. The largest absolute Gasteiger partial charge is 0.307 e. The molecule has 2 rings (SSSR count). The Labute approximate surface area is 104 Å². The van der Waals surface area contributed by atoms with Crippen LogP contribution in [-0.4, -0.2) is 18.4 Å². The van der Waals surface area contributed by atoms with Crippen molar-refractivity contribution in [2.45, 2.75) is 25.3 Å². The highest BCUT2D eigenvalue weighted by atomic mass is 127. The van der Waals surface area contributed by atoms with Gasteiger partial charge in [0.05, 0.1) is 6.04 Å². The number of hydrogen-bond donors (Lipinski definition) is 1. The minimum absolute atomic E-state index is 0.101. The van der Waals surface area contributed by atoms with E-state index in [1.165, 1.54) is 3.57 Å². The van der Waals surface area contributed by atoms with Crippen LogP contribution in [0.2, 0.25) is 0 Å². The lowest BCUT2D eigenvalue weighted by Gasteiger charge is -2.08. The molecule has 2 nitrogen and oxygen atoms in total. The molecule has 1 aliphatic rings. The molecule has 0 spiro atoms. The summed E-state index contributed by atoms with van der Waals surface area (Å²) < 4.78 is 1.21. The van der Waals surface area contributed by atoms with Crippen LogP contribution in [0.15, 0.2) is 24.3 Å². The molecule has 1 N–H and O–H groups in total. The molecule has 3 heteroatoms. The van der Waals surface area contributed by atoms with E-state index in [9.17, 15) is 4.79 Å². The molecule has 0 aromatic heterocycles. The Morgan fingerprint density at radius 2 is 2.13 bits per heavy atom. The third-order valence-electron chi connectivity index (χ3n) is 2.74. The molecular weight excluding hydrogens is 301 g/mol. The van der Waals surface area contributed by atoms with E-state index in [1.54, 1.807) is 0 Å². The van der Waals surface area contributed by atoms with E-state index < -0.39 is 0 Å². The van der Waals surface area contributed by atoms with Crippen molar-refractivity contribution in [2.75, 3.05) is 6.54 Å². The van der Waals surface area contributed by atoms with Crippen molar-refractivity contribution in [3.8, 4) is 0 Å². The number of rotatable bonds is 3. The van der Waals surface area contributed by atoms with Gasteiger partial charge in [0.25, 0.3) is 0 Å². The molecule has 0 saturated carbocycles. The van der Waals surface area contributed by atoms with Crippen molar-refractivity contribution in [1.82, 2.24) is 5.32 Å². The average molecular weight is 315 g/mol. The Morgan fingerprint density at radius 3 is 2.73 bits per heavy atom. The summed E-state index contributed by atoms with van der Waals surface area (Å²) in [5, 5.41) is 3.24. The van der Waals surface area contributed by atoms with Gasteiger partial charge in [-0.15, -0.1) is 0 Å². The van der Waals surface area contributed by atoms with Crippen LogP contribution < -0.4 is 5.32 Å². The molecule has 15 heavy (non-hydrogen) atoms. The maximum Gasteiger partial charge on any atom is 0.154 e. The van der Waals surface area contributed by atoms with Gasteiger partial charge in [-0.05, 0) is 59.7 Å². The summed E-state index contributed by atoms with van der Waals surface area (Å²) in [6.45, 7) is 0.989. The number of benzene rings is 1. The van der Waals surface area contributed by atoms with Crippen molar-refractivity contribution in [3.05, 3.63) is 33.4 Å². The highest BCUT2D eigenvalue weighted by molar-refractivity contribution is 14.1. The molecule has 1 saturated heterocycles. The van der Waals surface area contributed by atoms with Crippen molar-refractivity contribution < 1.29 is 4.79 Å². The van der Waals surface area contributed by atoms with Crippen LogP contribution in [0.4, 0.5) is 0 Å². The fourth-order valence-corrected chi connectivity index (χ4v) is 2.25. The van der Waals surface area contributed by atoms with E-state index >= 15 is 0 Å². The second-order valence-electron chi connectivity index (χ2n) is 3.92. The van der Waals surface area contributed by atoms with Crippen LogP contribution in [0.1, 0.15) is 18.4 Å². The lowest BCUT2D eigenvalue weighted by molar-refractivity contribution is -0.120. The number of nitrogens with one attached hydrogen (secondary N) is 1. The van der Waals surface area contributed by atoms with E-state index in [-0.39, 0.29) is 6.04 Å². The van der Waals surface area contributed by atoms with Crippen molar-refractivity contribution in [2.24, 2.45) is 0 Å². The molecule has 1 aliphatic heterocycles.